The van der Waals surface area contributed by atoms with Crippen molar-refractivity contribution in [3.63, 3.8) is 0 Å². The number of rotatable bonds is 3. The fourth-order valence-corrected chi connectivity index (χ4v) is 2.02. The first kappa shape index (κ1) is 10.8. The molecule has 2 aromatic heterocycles. The molecule has 3 rings (SSSR count). The largest absolute Gasteiger partial charge is 0.343 e. The summed E-state index contributed by atoms with van der Waals surface area (Å²) in [5.74, 6) is 0.469. The molecular weight excluding hydrogens is 250 g/mol. The summed E-state index contributed by atoms with van der Waals surface area (Å²) in [5, 5.41) is 2.73. The van der Waals surface area contributed by atoms with E-state index in [0.717, 1.165) is 22.8 Å². The number of carbonyl (C=O) groups excluding carboxylic acids is 1. The van der Waals surface area contributed by atoms with Crippen molar-refractivity contribution in [3.05, 3.63) is 42.0 Å². The number of imidazole rings is 1. The number of aromatic amines is 1. The highest BCUT2D eigenvalue weighted by Gasteiger charge is 2.09. The minimum atomic E-state index is -0.246. The van der Waals surface area contributed by atoms with E-state index >= 15 is 0 Å². The van der Waals surface area contributed by atoms with Gasteiger partial charge >= 0.3 is 0 Å². The molecule has 0 saturated carbocycles. The van der Waals surface area contributed by atoms with E-state index in [1.807, 2.05) is 24.3 Å². The minimum absolute atomic E-state index is 0.246. The molecule has 6 nitrogen and oxygen atoms in total. The van der Waals surface area contributed by atoms with Crippen molar-refractivity contribution in [2.24, 2.45) is 0 Å². The Kier molecular flexibility index (Phi) is 2.73. The fraction of sp³-hybridized carbons (Fsp3) is 0.0909. The van der Waals surface area contributed by atoms with E-state index in [0.29, 0.717) is 18.1 Å². The van der Waals surface area contributed by atoms with Gasteiger partial charge in [0.1, 0.15) is 5.82 Å². The molecular formula is C11H9N5OS. The number of aromatic nitrogens is 4. The van der Waals surface area contributed by atoms with Crippen LogP contribution >= 0.6 is 11.7 Å². The van der Waals surface area contributed by atoms with Crippen molar-refractivity contribution >= 4 is 28.7 Å². The van der Waals surface area contributed by atoms with E-state index in [9.17, 15) is 4.79 Å². The van der Waals surface area contributed by atoms with Gasteiger partial charge in [0, 0.05) is 0 Å². The molecule has 0 unspecified atom stereocenters. The van der Waals surface area contributed by atoms with Gasteiger partial charge in [-0.15, -0.1) is 0 Å². The number of carbonyl (C=O) groups is 1. The first-order valence-corrected chi connectivity index (χ1v) is 6.05. The van der Waals surface area contributed by atoms with E-state index < -0.39 is 0 Å². The van der Waals surface area contributed by atoms with Crippen molar-refractivity contribution in [1.82, 2.24) is 24.0 Å². The van der Waals surface area contributed by atoms with Crippen LogP contribution < -0.4 is 5.32 Å². The molecule has 1 amide bonds. The molecule has 0 saturated heterocycles. The third-order valence-corrected chi connectivity index (χ3v) is 2.93. The molecule has 0 spiro atoms. The van der Waals surface area contributed by atoms with Crippen molar-refractivity contribution in [1.29, 1.82) is 0 Å². The van der Waals surface area contributed by atoms with Gasteiger partial charge < -0.3 is 10.3 Å². The molecule has 0 aliphatic carbocycles. The zero-order chi connectivity index (χ0) is 12.4. The SMILES string of the molecule is O=C(NCc1nc2ccccc2[nH]1)c1cnsn1. The Morgan fingerprint density at radius 2 is 2.28 bits per heavy atom. The maximum atomic E-state index is 11.6. The number of nitrogens with one attached hydrogen (secondary N) is 2. The Morgan fingerprint density at radius 3 is 3.06 bits per heavy atom. The Balaban J connectivity index is 1.71. The summed E-state index contributed by atoms with van der Waals surface area (Å²) in [5.41, 5.74) is 2.17. The second kappa shape index (κ2) is 4.53. The summed E-state index contributed by atoms with van der Waals surface area (Å²) in [7, 11) is 0. The van der Waals surface area contributed by atoms with Gasteiger partial charge in [0.25, 0.3) is 5.91 Å². The van der Waals surface area contributed by atoms with Gasteiger partial charge in [-0.3, -0.25) is 4.79 Å². The molecule has 0 fully saturated rings. The number of hydrogen-bond donors (Lipinski definition) is 2. The highest BCUT2D eigenvalue weighted by molar-refractivity contribution is 6.99. The van der Waals surface area contributed by atoms with Crippen LogP contribution in [-0.4, -0.2) is 24.6 Å². The lowest BCUT2D eigenvalue weighted by molar-refractivity contribution is 0.0946. The van der Waals surface area contributed by atoms with Crippen LogP contribution in [0.3, 0.4) is 0 Å². The van der Waals surface area contributed by atoms with E-state index in [2.05, 4.69) is 24.0 Å². The van der Waals surface area contributed by atoms with Crippen LogP contribution in [0.25, 0.3) is 11.0 Å². The zero-order valence-electron chi connectivity index (χ0n) is 9.25. The van der Waals surface area contributed by atoms with Crippen molar-refractivity contribution in [3.8, 4) is 0 Å². The van der Waals surface area contributed by atoms with Gasteiger partial charge in [-0.1, -0.05) is 12.1 Å². The van der Waals surface area contributed by atoms with E-state index in [1.54, 1.807) is 0 Å². The monoisotopic (exact) mass is 259 g/mol. The highest BCUT2D eigenvalue weighted by atomic mass is 32.1. The standard InChI is InChI=1S/C11H9N5OS/c17-11(9-5-13-18-16-9)12-6-10-14-7-3-1-2-4-8(7)15-10/h1-5H,6H2,(H,12,17)(H,14,15). The van der Waals surface area contributed by atoms with Gasteiger partial charge in [-0.2, -0.15) is 8.75 Å². The number of nitrogens with zero attached hydrogens (tertiary/aromatic N) is 3. The van der Waals surface area contributed by atoms with Crippen LogP contribution in [0.4, 0.5) is 0 Å². The summed E-state index contributed by atoms with van der Waals surface area (Å²) in [6.07, 6.45) is 1.44. The molecule has 0 radical (unpaired) electrons. The zero-order valence-corrected chi connectivity index (χ0v) is 10.1. The van der Waals surface area contributed by atoms with Crippen LogP contribution in [-0.2, 0) is 6.54 Å². The van der Waals surface area contributed by atoms with Crippen LogP contribution in [0.5, 0.6) is 0 Å². The maximum Gasteiger partial charge on any atom is 0.273 e. The molecule has 0 aliphatic rings. The third-order valence-electron chi connectivity index (χ3n) is 2.45. The number of hydrogen-bond acceptors (Lipinski definition) is 5. The lowest BCUT2D eigenvalue weighted by atomic mass is 10.3. The van der Waals surface area contributed by atoms with Gasteiger partial charge in [-0.25, -0.2) is 4.98 Å². The molecule has 18 heavy (non-hydrogen) atoms. The molecule has 7 heteroatoms. The van der Waals surface area contributed by atoms with Gasteiger partial charge in [0.2, 0.25) is 0 Å². The maximum absolute atomic E-state index is 11.6. The summed E-state index contributed by atoms with van der Waals surface area (Å²) in [4.78, 5) is 19.1. The van der Waals surface area contributed by atoms with Crippen LogP contribution in [0.15, 0.2) is 30.5 Å². The Hall–Kier alpha value is -2.28. The number of benzene rings is 1. The lowest BCUT2D eigenvalue weighted by Crippen LogP contribution is -2.23. The summed E-state index contributed by atoms with van der Waals surface area (Å²) >= 11 is 1.01. The minimum Gasteiger partial charge on any atom is -0.343 e. The number of amides is 1. The average Bonchev–Trinajstić information content (AvgIpc) is 3.04. The summed E-state index contributed by atoms with van der Waals surface area (Å²) in [6, 6.07) is 7.72. The van der Waals surface area contributed by atoms with E-state index in [-0.39, 0.29) is 5.91 Å². The van der Waals surface area contributed by atoms with Crippen LogP contribution in [0.1, 0.15) is 16.3 Å². The number of fused-ring (bicyclic) bond motifs is 1. The van der Waals surface area contributed by atoms with E-state index in [4.69, 9.17) is 0 Å². The Labute approximate surface area is 106 Å². The smallest absolute Gasteiger partial charge is 0.273 e. The molecule has 90 valence electrons. The molecule has 0 atom stereocenters. The second-order valence-electron chi connectivity index (χ2n) is 3.68. The molecule has 2 heterocycles. The molecule has 1 aromatic carbocycles. The fourth-order valence-electron chi connectivity index (χ4n) is 1.61. The molecule has 2 N–H and O–H groups in total. The van der Waals surface area contributed by atoms with Crippen LogP contribution in [0.2, 0.25) is 0 Å². The predicted molar refractivity (Wildman–Crippen MR) is 67.2 cm³/mol. The highest BCUT2D eigenvalue weighted by Crippen LogP contribution is 2.10. The third kappa shape index (κ3) is 2.07. The van der Waals surface area contributed by atoms with Gasteiger partial charge in [0.15, 0.2) is 5.69 Å². The lowest BCUT2D eigenvalue weighted by Gasteiger charge is -1.98. The molecule has 3 aromatic rings. The van der Waals surface area contributed by atoms with Gasteiger partial charge in [-0.05, 0) is 12.1 Å². The average molecular weight is 259 g/mol. The summed E-state index contributed by atoms with van der Waals surface area (Å²) < 4.78 is 7.64. The predicted octanol–water partition coefficient (Wildman–Crippen LogP) is 1.34. The van der Waals surface area contributed by atoms with Crippen molar-refractivity contribution in [2.75, 3.05) is 0 Å². The normalized spacial score (nSPS) is 10.7. The number of para-hydroxylation sites is 2. The summed E-state index contributed by atoms with van der Waals surface area (Å²) in [6.45, 7) is 0.338. The molecule has 0 bridgehead atoms. The quantitative estimate of drug-likeness (QED) is 0.743. The van der Waals surface area contributed by atoms with Crippen LogP contribution in [0, 0.1) is 0 Å². The first-order chi connectivity index (χ1) is 8.83. The topological polar surface area (TPSA) is 83.6 Å². The molecule has 0 aliphatic heterocycles. The van der Waals surface area contributed by atoms with Gasteiger partial charge in [0.05, 0.1) is 35.5 Å². The Bertz CT molecular complexity index is 643. The second-order valence-corrected chi connectivity index (χ2v) is 4.23. The number of H-pyrrole nitrogens is 1. The van der Waals surface area contributed by atoms with Crippen molar-refractivity contribution in [2.45, 2.75) is 6.54 Å². The van der Waals surface area contributed by atoms with Crippen molar-refractivity contribution < 1.29 is 4.79 Å². The first-order valence-electron chi connectivity index (χ1n) is 5.32. The van der Waals surface area contributed by atoms with E-state index in [1.165, 1.54) is 6.20 Å². The Morgan fingerprint density at radius 1 is 1.39 bits per heavy atom.